The summed E-state index contributed by atoms with van der Waals surface area (Å²) < 4.78 is 24.1. The molecule has 198 valence electrons. The van der Waals surface area contributed by atoms with Gasteiger partial charge in [-0.2, -0.15) is 5.26 Å². The lowest BCUT2D eigenvalue weighted by molar-refractivity contribution is 0.0702. The molecule has 0 fully saturated rings. The molecule has 7 nitrogen and oxygen atoms in total. The van der Waals surface area contributed by atoms with Crippen LogP contribution in [0.1, 0.15) is 53.4 Å². The molecule has 8 heteroatoms. The number of carbonyl (C=O) groups excluding carboxylic acids is 1. The summed E-state index contributed by atoms with van der Waals surface area (Å²) in [6.07, 6.45) is 0.938. The molecular formula is C31H27BrN2O5. The van der Waals surface area contributed by atoms with Crippen molar-refractivity contribution in [3.8, 4) is 23.3 Å². The van der Waals surface area contributed by atoms with E-state index < -0.39 is 11.9 Å². The molecule has 0 aliphatic carbocycles. The fraction of sp³-hybridized carbons (Fsp3) is 0.226. The summed E-state index contributed by atoms with van der Waals surface area (Å²) in [5, 5.41) is 10.7. The first-order valence-corrected chi connectivity index (χ1v) is 13.4. The van der Waals surface area contributed by atoms with Crippen molar-refractivity contribution >= 4 is 32.9 Å². The molecule has 0 radical (unpaired) electrons. The zero-order valence-corrected chi connectivity index (χ0v) is 23.4. The fourth-order valence-corrected chi connectivity index (χ4v) is 4.94. The average Bonchev–Trinajstić information content (AvgIpc) is 3.23. The van der Waals surface area contributed by atoms with Gasteiger partial charge in [-0.1, -0.05) is 48.0 Å². The van der Waals surface area contributed by atoms with E-state index in [9.17, 15) is 10.1 Å². The number of fused-ring (bicyclic) bond motifs is 2. The Hall–Kier alpha value is -4.22. The molecule has 0 amide bonds. The van der Waals surface area contributed by atoms with Crippen molar-refractivity contribution in [2.24, 2.45) is 11.7 Å². The van der Waals surface area contributed by atoms with Gasteiger partial charge < -0.3 is 24.4 Å². The maximum absolute atomic E-state index is 13.0. The Labute approximate surface area is 234 Å². The molecule has 2 heterocycles. The number of aryl methyl sites for hydroxylation is 1. The van der Waals surface area contributed by atoms with E-state index >= 15 is 0 Å². The smallest absolute Gasteiger partial charge is 0.379 e. The Morgan fingerprint density at radius 3 is 2.72 bits per heavy atom. The lowest BCUT2D eigenvalue weighted by Gasteiger charge is -2.27. The number of hydrogen-bond donors (Lipinski definition) is 1. The minimum Gasteiger partial charge on any atom is -0.494 e. The highest BCUT2D eigenvalue weighted by Gasteiger charge is 2.31. The number of nitrogens with zero attached hydrogens (tertiary/aromatic N) is 1. The van der Waals surface area contributed by atoms with E-state index in [0.717, 1.165) is 33.2 Å². The molecule has 39 heavy (non-hydrogen) atoms. The lowest BCUT2D eigenvalue weighted by Crippen LogP contribution is -2.21. The molecule has 2 N–H and O–H groups in total. The van der Waals surface area contributed by atoms with E-state index in [1.165, 1.54) is 0 Å². The van der Waals surface area contributed by atoms with Crippen LogP contribution < -0.4 is 19.9 Å². The average molecular weight is 587 g/mol. The number of nitrogens with two attached hydrogens (primary N) is 1. The Morgan fingerprint density at radius 1 is 1.13 bits per heavy atom. The van der Waals surface area contributed by atoms with Gasteiger partial charge in [0.15, 0.2) is 0 Å². The molecule has 1 aromatic heterocycles. The molecule has 0 spiro atoms. The van der Waals surface area contributed by atoms with Crippen LogP contribution in [-0.2, 0) is 0 Å². The van der Waals surface area contributed by atoms with Gasteiger partial charge in [0.1, 0.15) is 34.5 Å². The fourth-order valence-electron chi connectivity index (χ4n) is 4.58. The van der Waals surface area contributed by atoms with Crippen molar-refractivity contribution in [3.63, 3.8) is 0 Å². The summed E-state index contributed by atoms with van der Waals surface area (Å²) in [4.78, 5) is 13.0. The van der Waals surface area contributed by atoms with Gasteiger partial charge in [-0.05, 0) is 61.2 Å². The molecule has 1 aliphatic heterocycles. The molecule has 5 rings (SSSR count). The van der Waals surface area contributed by atoms with Gasteiger partial charge in [-0.15, -0.1) is 0 Å². The number of halogens is 1. The summed E-state index contributed by atoms with van der Waals surface area (Å²) in [7, 11) is 0. The number of benzene rings is 3. The van der Waals surface area contributed by atoms with Gasteiger partial charge in [0.05, 0.1) is 12.5 Å². The van der Waals surface area contributed by atoms with Gasteiger partial charge in [0.25, 0.3) is 0 Å². The second kappa shape index (κ2) is 10.9. The summed E-state index contributed by atoms with van der Waals surface area (Å²) in [5.41, 5.74) is 9.33. The highest BCUT2D eigenvalue weighted by Crippen LogP contribution is 2.44. The van der Waals surface area contributed by atoms with Crippen molar-refractivity contribution < 1.29 is 23.4 Å². The predicted octanol–water partition coefficient (Wildman–Crippen LogP) is 7.37. The third kappa shape index (κ3) is 5.36. The van der Waals surface area contributed by atoms with Crippen molar-refractivity contribution in [2.75, 3.05) is 6.61 Å². The van der Waals surface area contributed by atoms with Crippen LogP contribution in [0.2, 0.25) is 0 Å². The summed E-state index contributed by atoms with van der Waals surface area (Å²) >= 11 is 3.44. The van der Waals surface area contributed by atoms with Gasteiger partial charge in [0, 0.05) is 27.1 Å². The molecule has 0 saturated carbocycles. The first kappa shape index (κ1) is 26.4. The second-order valence-electron chi connectivity index (χ2n) is 9.81. The largest absolute Gasteiger partial charge is 0.494 e. The van der Waals surface area contributed by atoms with Crippen LogP contribution in [0.4, 0.5) is 0 Å². The van der Waals surface area contributed by atoms with Crippen molar-refractivity contribution in [2.45, 2.75) is 33.1 Å². The van der Waals surface area contributed by atoms with Crippen LogP contribution in [0.5, 0.6) is 17.2 Å². The van der Waals surface area contributed by atoms with Gasteiger partial charge in [0.2, 0.25) is 11.6 Å². The van der Waals surface area contributed by atoms with E-state index in [-0.39, 0.29) is 17.4 Å². The highest BCUT2D eigenvalue weighted by atomic mass is 79.9. The van der Waals surface area contributed by atoms with E-state index in [4.69, 9.17) is 24.4 Å². The van der Waals surface area contributed by atoms with Gasteiger partial charge in [-0.25, -0.2) is 4.79 Å². The number of nitriles is 1. The normalized spacial score (nSPS) is 14.6. The Balaban J connectivity index is 1.44. The quantitative estimate of drug-likeness (QED) is 0.178. The molecule has 1 aliphatic rings. The Kier molecular flexibility index (Phi) is 7.36. The predicted molar refractivity (Wildman–Crippen MR) is 151 cm³/mol. The van der Waals surface area contributed by atoms with E-state index in [1.807, 2.05) is 43.3 Å². The molecule has 1 unspecified atom stereocenters. The van der Waals surface area contributed by atoms with E-state index in [0.29, 0.717) is 35.0 Å². The third-order valence-corrected chi connectivity index (χ3v) is 7.13. The minimum absolute atomic E-state index is 0.00307. The van der Waals surface area contributed by atoms with Gasteiger partial charge >= 0.3 is 5.97 Å². The molecule has 0 saturated heterocycles. The number of allylic oxidation sites excluding steroid dienone is 1. The van der Waals surface area contributed by atoms with Crippen LogP contribution in [0.25, 0.3) is 11.0 Å². The summed E-state index contributed by atoms with van der Waals surface area (Å²) in [6.45, 7) is 6.71. The molecule has 1 atom stereocenters. The maximum Gasteiger partial charge on any atom is 0.379 e. The number of rotatable bonds is 7. The SMILES string of the molecule is Cc1c(C(=O)Oc2ccc3c(c2)OC(N)=C(C#N)C3c2cccc(OCCC(C)C)c2)oc2ccc(Br)cc12. The second-order valence-corrected chi connectivity index (χ2v) is 10.7. The number of furan rings is 1. The van der Waals surface area contributed by atoms with Crippen LogP contribution in [0.3, 0.4) is 0 Å². The van der Waals surface area contributed by atoms with Gasteiger partial charge in [-0.3, -0.25) is 0 Å². The summed E-state index contributed by atoms with van der Waals surface area (Å²) in [5.74, 6) is 0.951. The Bertz CT molecular complexity index is 1650. The molecule has 4 aromatic rings. The molecular weight excluding hydrogens is 560 g/mol. The number of hydrogen-bond acceptors (Lipinski definition) is 7. The zero-order chi connectivity index (χ0) is 27.7. The maximum atomic E-state index is 13.0. The number of carbonyl (C=O) groups is 1. The van der Waals surface area contributed by atoms with Crippen LogP contribution in [-0.4, -0.2) is 12.6 Å². The number of ether oxygens (including phenoxy) is 3. The van der Waals surface area contributed by atoms with E-state index in [1.54, 1.807) is 24.3 Å². The van der Waals surface area contributed by atoms with Crippen molar-refractivity contribution in [1.82, 2.24) is 0 Å². The molecule has 3 aromatic carbocycles. The lowest BCUT2D eigenvalue weighted by atomic mass is 9.83. The topological polar surface area (TPSA) is 108 Å². The van der Waals surface area contributed by atoms with Crippen LogP contribution in [0, 0.1) is 24.2 Å². The van der Waals surface area contributed by atoms with Crippen molar-refractivity contribution in [3.05, 3.63) is 99.0 Å². The van der Waals surface area contributed by atoms with Crippen LogP contribution in [0.15, 0.2) is 81.0 Å². The Morgan fingerprint density at radius 2 is 1.95 bits per heavy atom. The third-order valence-electron chi connectivity index (χ3n) is 6.64. The molecule has 0 bridgehead atoms. The van der Waals surface area contributed by atoms with Crippen molar-refractivity contribution in [1.29, 1.82) is 5.26 Å². The monoisotopic (exact) mass is 586 g/mol. The van der Waals surface area contributed by atoms with E-state index in [2.05, 4.69) is 35.8 Å². The number of esters is 1. The summed E-state index contributed by atoms with van der Waals surface area (Å²) in [6, 6.07) is 20.4. The first-order valence-electron chi connectivity index (χ1n) is 12.6. The van der Waals surface area contributed by atoms with Crippen LogP contribution >= 0.6 is 15.9 Å². The standard InChI is InChI=1S/C31H27BrN2O5/c1-17(2)11-12-36-21-6-4-5-19(13-21)28-23-9-8-22(15-27(23)39-30(34)25(28)16-33)37-31(35)29-18(3)24-14-20(32)7-10-26(24)38-29/h4-10,13-15,17,28H,11-12,34H2,1-3H3. The minimum atomic E-state index is -0.625. The zero-order valence-electron chi connectivity index (χ0n) is 21.8. The highest BCUT2D eigenvalue weighted by molar-refractivity contribution is 9.10. The first-order chi connectivity index (χ1) is 18.7.